The number of aromatic nitrogens is 1. The molecule has 1 aromatic carbocycles. The van der Waals surface area contributed by atoms with Crippen LogP contribution in [0.1, 0.15) is 53.5 Å². The van der Waals surface area contributed by atoms with E-state index in [0.717, 1.165) is 42.7 Å². The van der Waals surface area contributed by atoms with E-state index in [2.05, 4.69) is 4.98 Å². The van der Waals surface area contributed by atoms with E-state index in [1.807, 2.05) is 42.2 Å². The van der Waals surface area contributed by atoms with Crippen LogP contribution in [0.5, 0.6) is 0 Å². The van der Waals surface area contributed by atoms with Crippen molar-refractivity contribution in [1.29, 1.82) is 0 Å². The highest BCUT2D eigenvalue weighted by Gasteiger charge is 2.38. The molecule has 1 aliphatic carbocycles. The second-order valence-corrected chi connectivity index (χ2v) is 9.93. The van der Waals surface area contributed by atoms with Crippen LogP contribution >= 0.6 is 11.3 Å². The van der Waals surface area contributed by atoms with Gasteiger partial charge in [0.05, 0.1) is 12.5 Å². The Balaban J connectivity index is 1.55. The Morgan fingerprint density at radius 1 is 1.15 bits per heavy atom. The lowest BCUT2D eigenvalue weighted by Crippen LogP contribution is -2.47. The van der Waals surface area contributed by atoms with Crippen molar-refractivity contribution >= 4 is 34.3 Å². The number of piperidine rings is 1. The molecule has 2 heterocycles. The lowest BCUT2D eigenvalue weighted by Gasteiger charge is -2.34. The van der Waals surface area contributed by atoms with Gasteiger partial charge in [-0.1, -0.05) is 30.3 Å². The van der Waals surface area contributed by atoms with Crippen LogP contribution in [-0.2, 0) is 20.7 Å². The van der Waals surface area contributed by atoms with Crippen LogP contribution in [-0.4, -0.2) is 53.9 Å². The summed E-state index contributed by atoms with van der Waals surface area (Å²) in [6.45, 7) is 5.51. The van der Waals surface area contributed by atoms with Crippen molar-refractivity contribution in [3.8, 4) is 0 Å². The molecule has 4 rings (SSSR count). The van der Waals surface area contributed by atoms with Gasteiger partial charge in [-0.15, -0.1) is 11.3 Å². The van der Waals surface area contributed by atoms with E-state index in [1.54, 1.807) is 11.8 Å². The fourth-order valence-electron chi connectivity index (χ4n) is 4.26. The van der Waals surface area contributed by atoms with Gasteiger partial charge in [-0.2, -0.15) is 0 Å². The first kappa shape index (κ1) is 23.4. The van der Waals surface area contributed by atoms with Gasteiger partial charge < -0.3 is 9.64 Å². The van der Waals surface area contributed by atoms with Crippen molar-refractivity contribution in [2.24, 2.45) is 11.8 Å². The van der Waals surface area contributed by atoms with Gasteiger partial charge >= 0.3 is 5.97 Å². The second-order valence-electron chi connectivity index (χ2n) is 8.74. The third-order valence-electron chi connectivity index (χ3n) is 6.23. The standard InChI is InChI=1S/C25H31N3O4S/c1-3-32-24(31)21-17(2)33-25(26-21)28(15-13-18-8-5-4-6-9-18)23(30)20-10-7-14-27(16-20)22(29)19-11-12-19/h4-6,8-9,19-20H,3,7,10-16H2,1-2H3. The number of rotatable bonds is 8. The Bertz CT molecular complexity index is 1000. The molecule has 1 aliphatic heterocycles. The van der Waals surface area contributed by atoms with Crippen molar-refractivity contribution in [1.82, 2.24) is 9.88 Å². The summed E-state index contributed by atoms with van der Waals surface area (Å²) in [5.74, 6) is -0.400. The molecule has 0 radical (unpaired) electrons. The fourth-order valence-corrected chi connectivity index (χ4v) is 5.19. The molecular weight excluding hydrogens is 438 g/mol. The SMILES string of the molecule is CCOC(=O)c1nc(N(CCc2ccccc2)C(=O)C2CCCN(C(=O)C3CC3)C2)sc1C. The number of ether oxygens (including phenoxy) is 1. The molecule has 33 heavy (non-hydrogen) atoms. The molecule has 2 aliphatic rings. The van der Waals surface area contributed by atoms with E-state index in [9.17, 15) is 14.4 Å². The maximum absolute atomic E-state index is 13.7. The Kier molecular flexibility index (Phi) is 7.42. The second kappa shape index (κ2) is 10.5. The molecule has 176 valence electrons. The van der Waals surface area contributed by atoms with Crippen molar-refractivity contribution in [3.05, 3.63) is 46.5 Å². The van der Waals surface area contributed by atoms with Gasteiger partial charge in [-0.05, 0) is 51.5 Å². The summed E-state index contributed by atoms with van der Waals surface area (Å²) in [5, 5.41) is 0.516. The predicted molar refractivity (Wildman–Crippen MR) is 127 cm³/mol. The molecule has 1 unspecified atom stereocenters. The Morgan fingerprint density at radius 3 is 2.61 bits per heavy atom. The molecule has 0 bridgehead atoms. The third kappa shape index (κ3) is 5.61. The van der Waals surface area contributed by atoms with Crippen LogP contribution < -0.4 is 4.90 Å². The average Bonchev–Trinajstić information content (AvgIpc) is 3.61. The van der Waals surface area contributed by atoms with Gasteiger partial charge in [0.2, 0.25) is 11.8 Å². The normalized spacial score (nSPS) is 18.1. The van der Waals surface area contributed by atoms with Crippen LogP contribution in [0.3, 0.4) is 0 Å². The number of amides is 2. The van der Waals surface area contributed by atoms with Crippen molar-refractivity contribution in [2.75, 3.05) is 31.1 Å². The molecule has 1 saturated carbocycles. The van der Waals surface area contributed by atoms with Gasteiger partial charge in [-0.25, -0.2) is 9.78 Å². The third-order valence-corrected chi connectivity index (χ3v) is 7.22. The summed E-state index contributed by atoms with van der Waals surface area (Å²) < 4.78 is 5.13. The van der Waals surface area contributed by atoms with Gasteiger partial charge in [0, 0.05) is 30.4 Å². The van der Waals surface area contributed by atoms with Gasteiger partial charge in [0.25, 0.3) is 0 Å². The summed E-state index contributed by atoms with van der Waals surface area (Å²) in [7, 11) is 0. The molecule has 2 aromatic rings. The number of likely N-dealkylation sites (tertiary alicyclic amines) is 1. The van der Waals surface area contributed by atoms with Crippen LogP contribution in [0, 0.1) is 18.8 Å². The smallest absolute Gasteiger partial charge is 0.358 e. The van der Waals surface area contributed by atoms with E-state index < -0.39 is 5.97 Å². The van der Waals surface area contributed by atoms with E-state index in [4.69, 9.17) is 4.74 Å². The number of esters is 1. The van der Waals surface area contributed by atoms with Crippen molar-refractivity contribution in [2.45, 2.75) is 46.0 Å². The summed E-state index contributed by atoms with van der Waals surface area (Å²) in [6.07, 6.45) is 4.19. The highest BCUT2D eigenvalue weighted by molar-refractivity contribution is 7.16. The minimum Gasteiger partial charge on any atom is -0.461 e. The van der Waals surface area contributed by atoms with E-state index in [1.165, 1.54) is 11.3 Å². The molecule has 1 aromatic heterocycles. The van der Waals surface area contributed by atoms with Crippen molar-refractivity contribution in [3.63, 3.8) is 0 Å². The molecule has 0 spiro atoms. The van der Waals surface area contributed by atoms with Gasteiger partial charge in [0.1, 0.15) is 0 Å². The number of hydrogen-bond acceptors (Lipinski definition) is 6. The fraction of sp³-hybridized carbons (Fsp3) is 0.520. The summed E-state index contributed by atoms with van der Waals surface area (Å²) in [4.78, 5) is 47.5. The summed E-state index contributed by atoms with van der Waals surface area (Å²) in [5.41, 5.74) is 1.40. The maximum atomic E-state index is 13.7. The zero-order valence-corrected chi connectivity index (χ0v) is 20.1. The first-order valence-electron chi connectivity index (χ1n) is 11.8. The number of hydrogen-bond donors (Lipinski definition) is 0. The molecule has 8 heteroatoms. The quantitative estimate of drug-likeness (QED) is 0.549. The van der Waals surface area contributed by atoms with Gasteiger partial charge in [0.15, 0.2) is 10.8 Å². The largest absolute Gasteiger partial charge is 0.461 e. The number of anilines is 1. The Labute approximate surface area is 198 Å². The molecule has 7 nitrogen and oxygen atoms in total. The predicted octanol–water partition coefficient (Wildman–Crippen LogP) is 3.85. The molecule has 1 saturated heterocycles. The lowest BCUT2D eigenvalue weighted by molar-refractivity contribution is -0.136. The number of carbonyl (C=O) groups is 3. The zero-order chi connectivity index (χ0) is 23.4. The molecule has 0 N–H and O–H groups in total. The molecule has 2 amide bonds. The summed E-state index contributed by atoms with van der Waals surface area (Å²) in [6, 6.07) is 10.0. The topological polar surface area (TPSA) is 79.8 Å². The minimum atomic E-state index is -0.466. The number of carbonyl (C=O) groups excluding carboxylic acids is 3. The molecular formula is C25H31N3O4S. The average molecular weight is 470 g/mol. The van der Waals surface area contributed by atoms with E-state index in [0.29, 0.717) is 24.6 Å². The van der Waals surface area contributed by atoms with Crippen LogP contribution in [0.2, 0.25) is 0 Å². The van der Waals surface area contributed by atoms with E-state index >= 15 is 0 Å². The first-order chi connectivity index (χ1) is 16.0. The summed E-state index contributed by atoms with van der Waals surface area (Å²) >= 11 is 1.34. The minimum absolute atomic E-state index is 0.0246. The van der Waals surface area contributed by atoms with Crippen LogP contribution in [0.4, 0.5) is 5.13 Å². The highest BCUT2D eigenvalue weighted by Crippen LogP contribution is 2.34. The van der Waals surface area contributed by atoms with Gasteiger partial charge in [-0.3, -0.25) is 14.5 Å². The molecule has 1 atom stereocenters. The Morgan fingerprint density at radius 2 is 1.91 bits per heavy atom. The lowest BCUT2D eigenvalue weighted by atomic mass is 9.96. The van der Waals surface area contributed by atoms with Crippen molar-refractivity contribution < 1.29 is 19.1 Å². The van der Waals surface area contributed by atoms with Crippen LogP contribution in [0.25, 0.3) is 0 Å². The zero-order valence-electron chi connectivity index (χ0n) is 19.3. The Hall–Kier alpha value is -2.74. The number of aryl methyl sites for hydroxylation is 1. The van der Waals surface area contributed by atoms with E-state index in [-0.39, 0.29) is 36.0 Å². The monoisotopic (exact) mass is 469 g/mol. The highest BCUT2D eigenvalue weighted by atomic mass is 32.1. The number of benzene rings is 1. The number of nitrogens with zero attached hydrogens (tertiary/aromatic N) is 3. The maximum Gasteiger partial charge on any atom is 0.358 e. The number of thiazole rings is 1. The molecule has 2 fully saturated rings. The first-order valence-corrected chi connectivity index (χ1v) is 12.6. The van der Waals surface area contributed by atoms with Crippen LogP contribution in [0.15, 0.2) is 30.3 Å².